The van der Waals surface area contributed by atoms with E-state index in [4.69, 9.17) is 19.4 Å². The maximum absolute atomic E-state index is 13.3. The van der Waals surface area contributed by atoms with Gasteiger partial charge in [-0.2, -0.15) is 13.2 Å². The molecule has 1 unspecified atom stereocenters. The van der Waals surface area contributed by atoms with Crippen molar-refractivity contribution >= 4 is 11.9 Å². The molecular weight excluding hydrogens is 431 g/mol. The maximum atomic E-state index is 13.3. The lowest BCUT2D eigenvalue weighted by molar-refractivity contribution is -0.192. The predicted octanol–water partition coefficient (Wildman–Crippen LogP) is 1.75. The molecule has 4 rings (SSSR count). The third-order valence-electron chi connectivity index (χ3n) is 6.51. The van der Waals surface area contributed by atoms with Gasteiger partial charge >= 0.3 is 12.1 Å². The fraction of sp³-hybridized carbons (Fsp3) is 0.714. The van der Waals surface area contributed by atoms with Crippen LogP contribution in [0.25, 0.3) is 0 Å². The molecular formula is C21H30F3N3O5. The first-order chi connectivity index (χ1) is 15.1. The monoisotopic (exact) mass is 461 g/mol. The number of rotatable bonds is 3. The van der Waals surface area contributed by atoms with Gasteiger partial charge in [0, 0.05) is 70.3 Å². The number of carboxylic acids is 1. The summed E-state index contributed by atoms with van der Waals surface area (Å²) in [5, 5.41) is 7.12. The van der Waals surface area contributed by atoms with Gasteiger partial charge in [-0.15, -0.1) is 0 Å². The van der Waals surface area contributed by atoms with Crippen LogP contribution in [-0.4, -0.2) is 90.1 Å². The number of aromatic nitrogens is 1. The molecule has 0 radical (unpaired) electrons. The zero-order chi connectivity index (χ0) is 23.4. The van der Waals surface area contributed by atoms with Crippen LogP contribution in [-0.2, 0) is 32.7 Å². The van der Waals surface area contributed by atoms with Crippen LogP contribution in [0.4, 0.5) is 13.2 Å². The van der Waals surface area contributed by atoms with Gasteiger partial charge in [0.25, 0.3) is 0 Å². The molecule has 4 heterocycles. The van der Waals surface area contributed by atoms with Crippen molar-refractivity contribution < 1.29 is 37.3 Å². The number of carboxylic acid groups (broad SMARTS) is 1. The number of aryl methyl sites for hydroxylation is 1. The molecule has 32 heavy (non-hydrogen) atoms. The first kappa shape index (κ1) is 24.5. The summed E-state index contributed by atoms with van der Waals surface area (Å²) >= 11 is 0. The number of morpholine rings is 1. The molecule has 1 N–H and O–H groups in total. The van der Waals surface area contributed by atoms with Gasteiger partial charge in [-0.05, 0) is 25.0 Å². The Kier molecular flexibility index (Phi) is 7.84. The zero-order valence-electron chi connectivity index (χ0n) is 18.1. The van der Waals surface area contributed by atoms with Crippen LogP contribution < -0.4 is 0 Å². The Hall–Kier alpha value is -2.11. The van der Waals surface area contributed by atoms with Crippen LogP contribution in [0, 0.1) is 11.3 Å². The summed E-state index contributed by atoms with van der Waals surface area (Å²) in [4.78, 5) is 26.7. The van der Waals surface area contributed by atoms with Gasteiger partial charge in [-0.1, -0.05) is 0 Å². The van der Waals surface area contributed by atoms with Crippen LogP contribution in [0.2, 0.25) is 0 Å². The number of nitrogens with zero attached hydrogens (tertiary/aromatic N) is 3. The van der Waals surface area contributed by atoms with Crippen molar-refractivity contribution in [3.8, 4) is 0 Å². The minimum absolute atomic E-state index is 0.0821. The van der Waals surface area contributed by atoms with E-state index in [0.29, 0.717) is 19.1 Å². The highest BCUT2D eigenvalue weighted by atomic mass is 19.4. The Bertz CT molecular complexity index is 786. The van der Waals surface area contributed by atoms with Gasteiger partial charge in [0.15, 0.2) is 0 Å². The fourth-order valence-corrected chi connectivity index (χ4v) is 4.71. The van der Waals surface area contributed by atoms with Gasteiger partial charge in [0.1, 0.15) is 0 Å². The van der Waals surface area contributed by atoms with Crippen LogP contribution in [0.3, 0.4) is 0 Å². The number of alkyl halides is 3. The number of ether oxygens (including phenoxy) is 2. The molecule has 0 bridgehead atoms. The van der Waals surface area contributed by atoms with Crippen LogP contribution in [0.1, 0.15) is 18.5 Å². The summed E-state index contributed by atoms with van der Waals surface area (Å²) < 4.78 is 45.0. The molecule has 11 heteroatoms. The largest absolute Gasteiger partial charge is 0.490 e. The van der Waals surface area contributed by atoms with E-state index >= 15 is 0 Å². The van der Waals surface area contributed by atoms with Crippen molar-refractivity contribution in [3.63, 3.8) is 0 Å². The Morgan fingerprint density at radius 2 is 1.75 bits per heavy atom. The molecule has 1 aromatic rings. The number of amides is 1. The van der Waals surface area contributed by atoms with E-state index in [1.807, 2.05) is 4.90 Å². The van der Waals surface area contributed by atoms with E-state index in [9.17, 15) is 18.0 Å². The topological polar surface area (TPSA) is 84.2 Å². The highest BCUT2D eigenvalue weighted by molar-refractivity contribution is 5.80. The summed E-state index contributed by atoms with van der Waals surface area (Å²) in [5.74, 6) is -2.33. The predicted molar refractivity (Wildman–Crippen MR) is 108 cm³/mol. The van der Waals surface area contributed by atoms with E-state index < -0.39 is 12.1 Å². The summed E-state index contributed by atoms with van der Waals surface area (Å²) in [6.45, 7) is 7.15. The molecule has 180 valence electrons. The van der Waals surface area contributed by atoms with Gasteiger partial charge < -0.3 is 24.0 Å². The van der Waals surface area contributed by atoms with Gasteiger partial charge in [0.2, 0.25) is 5.91 Å². The molecule has 8 nitrogen and oxygen atoms in total. The van der Waals surface area contributed by atoms with Gasteiger partial charge in [-0.3, -0.25) is 9.69 Å². The van der Waals surface area contributed by atoms with E-state index in [1.54, 1.807) is 0 Å². The molecule has 1 spiro atoms. The number of carbonyl (C=O) groups is 2. The Labute approximate surface area is 184 Å². The van der Waals surface area contributed by atoms with E-state index in [-0.39, 0.29) is 11.3 Å². The second-order valence-corrected chi connectivity index (χ2v) is 8.55. The number of halogens is 3. The number of likely N-dealkylation sites (tertiary alicyclic amines) is 1. The summed E-state index contributed by atoms with van der Waals surface area (Å²) in [7, 11) is 2.09. The first-order valence-electron chi connectivity index (χ1n) is 10.7. The molecule has 3 fully saturated rings. The van der Waals surface area contributed by atoms with E-state index in [1.165, 1.54) is 5.69 Å². The number of hydrogen-bond donors (Lipinski definition) is 1. The maximum Gasteiger partial charge on any atom is 0.490 e. The van der Waals surface area contributed by atoms with Gasteiger partial charge in [-0.25, -0.2) is 4.79 Å². The smallest absolute Gasteiger partial charge is 0.475 e. The molecule has 0 aromatic carbocycles. The zero-order valence-corrected chi connectivity index (χ0v) is 18.1. The van der Waals surface area contributed by atoms with Crippen molar-refractivity contribution in [3.05, 3.63) is 24.0 Å². The highest BCUT2D eigenvalue weighted by Crippen LogP contribution is 2.45. The van der Waals surface area contributed by atoms with Crippen molar-refractivity contribution in [1.82, 2.24) is 14.4 Å². The molecule has 3 aliphatic rings. The van der Waals surface area contributed by atoms with Crippen molar-refractivity contribution in [1.29, 1.82) is 0 Å². The summed E-state index contributed by atoms with van der Waals surface area (Å²) in [6, 6.07) is 4.26. The number of carbonyl (C=O) groups excluding carboxylic acids is 1. The van der Waals surface area contributed by atoms with E-state index in [2.05, 4.69) is 34.8 Å². The fourth-order valence-electron chi connectivity index (χ4n) is 4.71. The lowest BCUT2D eigenvalue weighted by Gasteiger charge is -2.40. The minimum Gasteiger partial charge on any atom is -0.475 e. The minimum atomic E-state index is -5.08. The first-order valence-corrected chi connectivity index (χ1v) is 10.7. The quantitative estimate of drug-likeness (QED) is 0.739. The van der Waals surface area contributed by atoms with Crippen LogP contribution in [0.5, 0.6) is 0 Å². The molecule has 1 amide bonds. The lowest BCUT2D eigenvalue weighted by atomic mass is 9.71. The van der Waals surface area contributed by atoms with Gasteiger partial charge in [0.05, 0.1) is 19.1 Å². The summed E-state index contributed by atoms with van der Waals surface area (Å²) in [5.41, 5.74) is 1.39. The standard InChI is InChI=1S/C19H29N3O3.C2HF3O2/c1-20-6-2-3-16(20)13-21-14-17(18(23)22-7-11-25-12-8-22)19(15-21)4-9-24-10-5-19;3-2(4,5)1(6)7/h2-3,6,17H,4-5,7-15H2,1H3;(H,6,7). The molecule has 1 atom stereocenters. The average Bonchev–Trinajstić information content (AvgIpc) is 3.32. The second kappa shape index (κ2) is 10.2. The van der Waals surface area contributed by atoms with Crippen molar-refractivity contribution in [2.45, 2.75) is 25.6 Å². The summed E-state index contributed by atoms with van der Waals surface area (Å²) in [6.07, 6.45) is -0.999. The Morgan fingerprint density at radius 3 is 2.28 bits per heavy atom. The van der Waals surface area contributed by atoms with Crippen LogP contribution >= 0.6 is 0 Å². The average molecular weight is 461 g/mol. The third kappa shape index (κ3) is 5.81. The van der Waals surface area contributed by atoms with Crippen LogP contribution in [0.15, 0.2) is 18.3 Å². The highest BCUT2D eigenvalue weighted by Gasteiger charge is 2.51. The van der Waals surface area contributed by atoms with Crippen molar-refractivity contribution in [2.75, 3.05) is 52.6 Å². The molecule has 0 aliphatic carbocycles. The third-order valence-corrected chi connectivity index (χ3v) is 6.51. The van der Waals surface area contributed by atoms with E-state index in [0.717, 1.165) is 58.8 Å². The number of aliphatic carboxylic acids is 1. The number of hydrogen-bond acceptors (Lipinski definition) is 5. The Morgan fingerprint density at radius 1 is 1.16 bits per heavy atom. The normalized spacial score (nSPS) is 23.6. The molecule has 0 saturated carbocycles. The molecule has 3 saturated heterocycles. The second-order valence-electron chi connectivity index (χ2n) is 8.55. The molecule has 1 aromatic heterocycles. The molecule has 3 aliphatic heterocycles. The Balaban J connectivity index is 0.000000360. The SMILES string of the molecule is Cn1cccc1CN1CC(C(=O)N2CCOCC2)C2(CCOCC2)C1.O=C(O)C(F)(F)F. The lowest BCUT2D eigenvalue weighted by Crippen LogP contribution is -2.49. The van der Waals surface area contributed by atoms with Crippen molar-refractivity contribution in [2.24, 2.45) is 18.4 Å².